The van der Waals surface area contributed by atoms with Gasteiger partial charge in [-0.3, -0.25) is 15.0 Å². The van der Waals surface area contributed by atoms with Crippen LogP contribution in [0.4, 0.5) is 4.79 Å². The molecular formula is C21H24N4O3S2. The molecule has 30 heavy (non-hydrogen) atoms. The topological polar surface area (TPSA) is 91.4 Å². The second-order valence-electron chi connectivity index (χ2n) is 7.95. The highest BCUT2D eigenvalue weighted by molar-refractivity contribution is 7.98. The van der Waals surface area contributed by atoms with Gasteiger partial charge in [-0.05, 0) is 62.8 Å². The third-order valence-corrected chi connectivity index (χ3v) is 7.54. The Morgan fingerprint density at radius 2 is 2.00 bits per heavy atom. The first kappa shape index (κ1) is 20.9. The molecule has 9 heteroatoms. The van der Waals surface area contributed by atoms with E-state index in [1.807, 2.05) is 24.4 Å². The van der Waals surface area contributed by atoms with Crippen molar-refractivity contribution in [2.45, 2.75) is 55.7 Å². The molecule has 0 radical (unpaired) electrons. The number of hydrogen-bond acceptors (Lipinski definition) is 6. The predicted molar refractivity (Wildman–Crippen MR) is 116 cm³/mol. The molecule has 2 N–H and O–H groups in total. The van der Waals surface area contributed by atoms with Crippen LogP contribution in [-0.2, 0) is 10.5 Å². The van der Waals surface area contributed by atoms with E-state index in [0.717, 1.165) is 39.2 Å². The van der Waals surface area contributed by atoms with Crippen molar-refractivity contribution in [3.05, 3.63) is 45.9 Å². The molecule has 2 aromatic rings. The number of aromatic nitrogens is 1. The summed E-state index contributed by atoms with van der Waals surface area (Å²) in [5, 5.41) is 6.73. The van der Waals surface area contributed by atoms with Crippen LogP contribution in [0.15, 0.2) is 34.5 Å². The highest BCUT2D eigenvalue weighted by Gasteiger charge is 2.52. The first-order valence-electron chi connectivity index (χ1n) is 9.98. The Morgan fingerprint density at radius 1 is 1.30 bits per heavy atom. The first-order chi connectivity index (χ1) is 14.4. The number of nitrogens with zero attached hydrogens (tertiary/aromatic N) is 2. The van der Waals surface area contributed by atoms with E-state index in [-0.39, 0.29) is 5.91 Å². The Bertz CT molecular complexity index is 965. The number of hydrogen-bond donors (Lipinski definition) is 2. The molecule has 7 nitrogen and oxygen atoms in total. The number of benzene rings is 1. The second-order valence-corrected chi connectivity index (χ2v) is 10.1. The highest BCUT2D eigenvalue weighted by atomic mass is 32.2. The van der Waals surface area contributed by atoms with Crippen molar-refractivity contribution < 1.29 is 14.4 Å². The SMILES string of the molecule is Cc1nc(CSc2ccc(C(=O)NN3C(=O)NC4(CCC(C)CC4)C3=O)cc2)cs1. The predicted octanol–water partition coefficient (Wildman–Crippen LogP) is 3.89. The summed E-state index contributed by atoms with van der Waals surface area (Å²) in [6.45, 7) is 4.13. The zero-order valence-electron chi connectivity index (χ0n) is 16.9. The molecule has 1 saturated carbocycles. The van der Waals surface area contributed by atoms with E-state index < -0.39 is 17.5 Å². The van der Waals surface area contributed by atoms with Crippen molar-refractivity contribution in [1.82, 2.24) is 20.7 Å². The van der Waals surface area contributed by atoms with Gasteiger partial charge in [0.25, 0.3) is 11.8 Å². The van der Waals surface area contributed by atoms with Gasteiger partial charge >= 0.3 is 6.03 Å². The summed E-state index contributed by atoms with van der Waals surface area (Å²) in [6, 6.07) is 6.54. The normalized spacial score (nSPS) is 23.7. The van der Waals surface area contributed by atoms with E-state index in [1.54, 1.807) is 35.2 Å². The number of nitrogens with one attached hydrogen (secondary N) is 2. The molecule has 4 rings (SSSR count). The molecule has 1 aliphatic heterocycles. The van der Waals surface area contributed by atoms with Gasteiger partial charge in [-0.15, -0.1) is 23.1 Å². The van der Waals surface area contributed by atoms with Crippen LogP contribution in [-0.4, -0.2) is 33.4 Å². The maximum Gasteiger partial charge on any atom is 0.344 e. The number of carbonyl (C=O) groups is 3. The average molecular weight is 445 g/mol. The lowest BCUT2D eigenvalue weighted by molar-refractivity contribution is -0.134. The molecule has 1 spiro atoms. The maximum atomic E-state index is 12.9. The monoisotopic (exact) mass is 444 g/mol. The molecule has 1 aromatic heterocycles. The quantitative estimate of drug-likeness (QED) is 0.539. The van der Waals surface area contributed by atoms with Gasteiger partial charge in [0.1, 0.15) is 5.54 Å². The average Bonchev–Trinajstić information content (AvgIpc) is 3.25. The Balaban J connectivity index is 1.36. The third-order valence-electron chi connectivity index (χ3n) is 5.67. The molecule has 2 heterocycles. The Hall–Kier alpha value is -2.39. The highest BCUT2D eigenvalue weighted by Crippen LogP contribution is 2.35. The molecule has 1 aliphatic carbocycles. The zero-order chi connectivity index (χ0) is 21.3. The molecule has 2 fully saturated rings. The minimum atomic E-state index is -0.870. The number of hydrazine groups is 1. The number of imide groups is 1. The number of rotatable bonds is 5. The van der Waals surface area contributed by atoms with Crippen LogP contribution >= 0.6 is 23.1 Å². The van der Waals surface area contributed by atoms with Gasteiger partial charge in [-0.2, -0.15) is 5.01 Å². The number of thiazole rings is 1. The van der Waals surface area contributed by atoms with E-state index in [2.05, 4.69) is 22.7 Å². The van der Waals surface area contributed by atoms with E-state index in [9.17, 15) is 14.4 Å². The smallest absolute Gasteiger partial charge is 0.322 e. The van der Waals surface area contributed by atoms with Crippen LogP contribution in [0.3, 0.4) is 0 Å². The van der Waals surface area contributed by atoms with Gasteiger partial charge in [0.05, 0.1) is 10.7 Å². The fourth-order valence-corrected chi connectivity index (χ4v) is 5.33. The fourth-order valence-electron chi connectivity index (χ4n) is 3.82. The second kappa shape index (κ2) is 8.39. The number of urea groups is 1. The Morgan fingerprint density at radius 3 is 2.63 bits per heavy atom. The lowest BCUT2D eigenvalue weighted by Crippen LogP contribution is -2.51. The third kappa shape index (κ3) is 4.22. The number of aryl methyl sites for hydroxylation is 1. The molecule has 0 unspecified atom stereocenters. The van der Waals surface area contributed by atoms with Crippen molar-refractivity contribution in [2.75, 3.05) is 0 Å². The summed E-state index contributed by atoms with van der Waals surface area (Å²) in [4.78, 5) is 43.3. The summed E-state index contributed by atoms with van der Waals surface area (Å²) >= 11 is 3.27. The van der Waals surface area contributed by atoms with Crippen molar-refractivity contribution in [3.63, 3.8) is 0 Å². The fraction of sp³-hybridized carbons (Fsp3) is 0.429. The van der Waals surface area contributed by atoms with Gasteiger partial charge in [0.2, 0.25) is 0 Å². The summed E-state index contributed by atoms with van der Waals surface area (Å²) in [5.74, 6) is 0.462. The van der Waals surface area contributed by atoms with Crippen LogP contribution in [0.2, 0.25) is 0 Å². The number of carbonyl (C=O) groups excluding carboxylic acids is 3. The van der Waals surface area contributed by atoms with Gasteiger partial charge in [0, 0.05) is 21.6 Å². The van der Waals surface area contributed by atoms with E-state index >= 15 is 0 Å². The summed E-state index contributed by atoms with van der Waals surface area (Å²) in [5.41, 5.74) is 3.03. The number of amides is 4. The Kier molecular flexibility index (Phi) is 5.84. The van der Waals surface area contributed by atoms with Crippen molar-refractivity contribution >= 4 is 40.9 Å². The van der Waals surface area contributed by atoms with E-state index in [0.29, 0.717) is 24.3 Å². The van der Waals surface area contributed by atoms with Gasteiger partial charge in [-0.25, -0.2) is 9.78 Å². The molecule has 158 valence electrons. The van der Waals surface area contributed by atoms with Crippen LogP contribution in [0.1, 0.15) is 53.7 Å². The first-order valence-corrected chi connectivity index (χ1v) is 11.8. The molecule has 0 bridgehead atoms. The van der Waals surface area contributed by atoms with Crippen molar-refractivity contribution in [1.29, 1.82) is 0 Å². The lowest BCUT2D eigenvalue weighted by atomic mass is 9.77. The molecule has 4 amide bonds. The lowest BCUT2D eigenvalue weighted by Gasteiger charge is -2.33. The van der Waals surface area contributed by atoms with Crippen LogP contribution in [0.25, 0.3) is 0 Å². The van der Waals surface area contributed by atoms with E-state index in [4.69, 9.17) is 0 Å². The zero-order valence-corrected chi connectivity index (χ0v) is 18.6. The Labute approximate surface area is 183 Å². The van der Waals surface area contributed by atoms with Gasteiger partial charge in [0.15, 0.2) is 0 Å². The van der Waals surface area contributed by atoms with Crippen LogP contribution in [0, 0.1) is 12.8 Å². The molecule has 0 atom stereocenters. The van der Waals surface area contributed by atoms with Gasteiger partial charge < -0.3 is 5.32 Å². The van der Waals surface area contributed by atoms with Crippen molar-refractivity contribution in [2.24, 2.45) is 5.92 Å². The number of thioether (sulfide) groups is 1. The van der Waals surface area contributed by atoms with Crippen LogP contribution < -0.4 is 10.7 Å². The molecule has 2 aliphatic rings. The maximum absolute atomic E-state index is 12.9. The summed E-state index contributed by atoms with van der Waals surface area (Å²) in [6.07, 6.45) is 2.98. The minimum Gasteiger partial charge on any atom is -0.322 e. The molecule has 1 aromatic carbocycles. The van der Waals surface area contributed by atoms with Crippen LogP contribution in [0.5, 0.6) is 0 Å². The minimum absolute atomic E-state index is 0.363. The largest absolute Gasteiger partial charge is 0.344 e. The molecule has 1 saturated heterocycles. The summed E-state index contributed by atoms with van der Waals surface area (Å²) in [7, 11) is 0. The molecular weight excluding hydrogens is 420 g/mol. The van der Waals surface area contributed by atoms with Crippen molar-refractivity contribution in [3.8, 4) is 0 Å². The summed E-state index contributed by atoms with van der Waals surface area (Å²) < 4.78 is 0. The van der Waals surface area contributed by atoms with Gasteiger partial charge in [-0.1, -0.05) is 6.92 Å². The standard InChI is InChI=1S/C21H24N4O3S2/c1-13-7-9-21(10-8-13)19(27)25(20(28)23-21)24-18(26)15-3-5-17(6-4-15)30-12-16-11-29-14(2)22-16/h3-6,11,13H,7-10,12H2,1-2H3,(H,23,28)(H,24,26). The van der Waals surface area contributed by atoms with E-state index in [1.165, 1.54) is 0 Å².